The Hall–Kier alpha value is -3.07. The van der Waals surface area contributed by atoms with Crippen LogP contribution < -0.4 is 38.9 Å². The van der Waals surface area contributed by atoms with E-state index in [2.05, 4.69) is 20.9 Å². The molecule has 4 amide bonds. The molecule has 0 aromatic rings. The molecule has 0 aliphatic rings. The van der Waals surface area contributed by atoms with Gasteiger partial charge in [-0.3, -0.25) is 24.2 Å². The van der Waals surface area contributed by atoms with Crippen molar-refractivity contribution < 1.29 is 29.1 Å². The van der Waals surface area contributed by atoms with Crippen molar-refractivity contribution in [1.29, 1.82) is 0 Å². The normalized spacial score (nSPS) is 14.1. The summed E-state index contributed by atoms with van der Waals surface area (Å²) in [5.41, 5.74) is 21.4. The largest absolute Gasteiger partial charge is 0.480 e. The van der Waals surface area contributed by atoms with Crippen molar-refractivity contribution in [2.24, 2.45) is 27.9 Å². The van der Waals surface area contributed by atoms with Crippen molar-refractivity contribution in [2.45, 2.75) is 63.2 Å². The monoisotopic (exact) mass is 504 g/mol. The minimum Gasteiger partial charge on any atom is -0.480 e. The van der Waals surface area contributed by atoms with Gasteiger partial charge in [-0.15, -0.1) is 0 Å². The summed E-state index contributed by atoms with van der Waals surface area (Å²) in [6.45, 7) is 1.54. The number of hydrogen-bond donors (Lipinski definition) is 8. The molecule has 14 nitrogen and oxygen atoms in total. The Bertz CT molecular complexity index is 746. The second kappa shape index (κ2) is 16.5. The number of nitrogens with two attached hydrogens (primary N) is 4. The first kappa shape index (κ1) is 30.9. The molecule has 0 aliphatic carbocycles. The predicted octanol–water partition coefficient (Wildman–Crippen LogP) is -3.06. The van der Waals surface area contributed by atoms with Gasteiger partial charge in [-0.1, -0.05) is 0 Å². The van der Waals surface area contributed by atoms with E-state index in [1.165, 1.54) is 18.7 Å². The van der Waals surface area contributed by atoms with Crippen molar-refractivity contribution in [3.05, 3.63) is 0 Å². The number of hydrogen-bond acceptors (Lipinski definition) is 8. The van der Waals surface area contributed by atoms with E-state index in [9.17, 15) is 29.1 Å². The maximum atomic E-state index is 12.7. The van der Waals surface area contributed by atoms with E-state index >= 15 is 0 Å². The van der Waals surface area contributed by atoms with Crippen molar-refractivity contribution in [1.82, 2.24) is 16.0 Å². The number of carbonyl (C=O) groups excluding carboxylic acids is 4. The number of carboxylic acid groups (broad SMARTS) is 1. The molecule has 15 heteroatoms. The van der Waals surface area contributed by atoms with Crippen molar-refractivity contribution in [2.75, 3.05) is 18.6 Å². The Kier molecular flexibility index (Phi) is 15.0. The molecule has 0 radical (unpaired) electrons. The van der Waals surface area contributed by atoms with E-state index in [4.69, 9.17) is 22.9 Å². The van der Waals surface area contributed by atoms with Crippen LogP contribution in [0.15, 0.2) is 4.99 Å². The smallest absolute Gasteiger partial charge is 0.326 e. The molecule has 0 fully saturated rings. The van der Waals surface area contributed by atoms with Gasteiger partial charge in [-0.2, -0.15) is 11.8 Å². The standard InChI is InChI=1S/C19H36N8O6S/c1-10(15(29)27-13(18(32)33)4-3-8-24-19(22)23)25-17(31)12(5-6-14(21)28)26-16(30)11(20)7-9-34-2/h10-13H,3-9,20H2,1-2H3,(H2,21,28)(H,25,31)(H,26,30)(H,27,29)(H,32,33)(H4,22,23,24). The van der Waals surface area contributed by atoms with Crippen molar-refractivity contribution in [3.63, 3.8) is 0 Å². The SMILES string of the molecule is CSCCC(N)C(=O)NC(CCC(N)=O)C(=O)NC(C)C(=O)NC(CCCN=C(N)N)C(=O)O. The first-order chi connectivity index (χ1) is 15.9. The van der Waals surface area contributed by atoms with Gasteiger partial charge in [0.25, 0.3) is 0 Å². The van der Waals surface area contributed by atoms with E-state index in [0.29, 0.717) is 18.6 Å². The van der Waals surface area contributed by atoms with Gasteiger partial charge in [0, 0.05) is 13.0 Å². The maximum absolute atomic E-state index is 12.7. The second-order valence-corrected chi connectivity index (χ2v) is 8.52. The lowest BCUT2D eigenvalue weighted by molar-refractivity contribution is -0.142. The van der Waals surface area contributed by atoms with Crippen LogP contribution in [0.25, 0.3) is 0 Å². The Morgan fingerprint density at radius 2 is 1.53 bits per heavy atom. The van der Waals surface area contributed by atoms with Crippen LogP contribution in [0.3, 0.4) is 0 Å². The predicted molar refractivity (Wildman–Crippen MR) is 128 cm³/mol. The highest BCUT2D eigenvalue weighted by Crippen LogP contribution is 2.04. The fourth-order valence-corrected chi connectivity index (χ4v) is 3.14. The van der Waals surface area contributed by atoms with Crippen molar-refractivity contribution in [3.8, 4) is 0 Å². The average Bonchev–Trinajstić information content (AvgIpc) is 2.75. The molecular weight excluding hydrogens is 468 g/mol. The molecule has 0 aromatic carbocycles. The summed E-state index contributed by atoms with van der Waals surface area (Å²) >= 11 is 1.51. The Labute approximate surface area is 202 Å². The van der Waals surface area contributed by atoms with Gasteiger partial charge in [-0.25, -0.2) is 4.79 Å². The summed E-state index contributed by atoms with van der Waals surface area (Å²) in [6, 6.07) is -4.37. The number of rotatable bonds is 17. The number of aliphatic imine (C=N–C) groups is 1. The van der Waals surface area contributed by atoms with Crippen LogP contribution in [0.2, 0.25) is 0 Å². The molecule has 194 valence electrons. The lowest BCUT2D eigenvalue weighted by Gasteiger charge is -2.23. The summed E-state index contributed by atoms with van der Waals surface area (Å²) in [4.78, 5) is 63.7. The van der Waals surface area contributed by atoms with Crippen LogP contribution in [0.5, 0.6) is 0 Å². The molecular formula is C19H36N8O6S. The number of thioether (sulfide) groups is 1. The van der Waals surface area contributed by atoms with Crippen LogP contribution in [0.4, 0.5) is 0 Å². The number of nitrogens with one attached hydrogen (secondary N) is 3. The molecule has 0 saturated carbocycles. The highest BCUT2D eigenvalue weighted by atomic mass is 32.2. The zero-order chi connectivity index (χ0) is 26.3. The minimum atomic E-state index is -1.26. The van der Waals surface area contributed by atoms with Gasteiger partial charge in [0.2, 0.25) is 23.6 Å². The van der Waals surface area contributed by atoms with E-state index in [1.807, 2.05) is 6.26 Å². The minimum absolute atomic E-state index is 0.0593. The van der Waals surface area contributed by atoms with Crippen LogP contribution >= 0.6 is 11.8 Å². The van der Waals surface area contributed by atoms with E-state index < -0.39 is 53.8 Å². The third-order valence-corrected chi connectivity index (χ3v) is 5.24. The average molecular weight is 505 g/mol. The number of amides is 4. The number of carboxylic acids is 1. The first-order valence-electron chi connectivity index (χ1n) is 10.6. The topological polar surface area (TPSA) is 258 Å². The fraction of sp³-hybridized carbons (Fsp3) is 0.684. The fourth-order valence-electron chi connectivity index (χ4n) is 2.65. The molecule has 0 bridgehead atoms. The van der Waals surface area contributed by atoms with Crippen LogP contribution in [-0.4, -0.2) is 83.4 Å². The van der Waals surface area contributed by atoms with Gasteiger partial charge in [-0.05, 0) is 44.6 Å². The quantitative estimate of drug-likeness (QED) is 0.0563. The third kappa shape index (κ3) is 13.5. The molecule has 0 heterocycles. The Balaban J connectivity index is 5.05. The summed E-state index contributed by atoms with van der Waals surface area (Å²) < 4.78 is 0. The maximum Gasteiger partial charge on any atom is 0.326 e. The van der Waals surface area contributed by atoms with Crippen molar-refractivity contribution >= 4 is 47.3 Å². The zero-order valence-electron chi connectivity index (χ0n) is 19.4. The van der Waals surface area contributed by atoms with Crippen LogP contribution in [0, 0.1) is 0 Å². The Morgan fingerprint density at radius 1 is 0.912 bits per heavy atom. The van der Waals surface area contributed by atoms with E-state index in [-0.39, 0.29) is 31.8 Å². The molecule has 0 aliphatic heterocycles. The molecule has 0 saturated heterocycles. The number of aliphatic carboxylic acids is 1. The summed E-state index contributed by atoms with van der Waals surface area (Å²) in [5.74, 6) is -3.50. The third-order valence-electron chi connectivity index (χ3n) is 4.59. The molecule has 4 atom stereocenters. The number of nitrogens with zero attached hydrogens (tertiary/aromatic N) is 1. The molecule has 12 N–H and O–H groups in total. The molecule has 0 aromatic heterocycles. The molecule has 4 unspecified atom stereocenters. The second-order valence-electron chi connectivity index (χ2n) is 7.53. The summed E-state index contributed by atoms with van der Waals surface area (Å²) in [7, 11) is 0. The lowest BCUT2D eigenvalue weighted by Crippen LogP contribution is -2.56. The highest BCUT2D eigenvalue weighted by molar-refractivity contribution is 7.98. The van der Waals surface area contributed by atoms with Gasteiger partial charge < -0.3 is 44.0 Å². The van der Waals surface area contributed by atoms with Crippen LogP contribution in [-0.2, 0) is 24.0 Å². The summed E-state index contributed by atoms with van der Waals surface area (Å²) in [6.07, 6.45) is 2.32. The molecule has 0 rings (SSSR count). The number of carbonyl (C=O) groups is 5. The van der Waals surface area contributed by atoms with Gasteiger partial charge in [0.05, 0.1) is 6.04 Å². The van der Waals surface area contributed by atoms with Gasteiger partial charge >= 0.3 is 5.97 Å². The molecule has 34 heavy (non-hydrogen) atoms. The lowest BCUT2D eigenvalue weighted by atomic mass is 10.1. The number of guanidine groups is 1. The van der Waals surface area contributed by atoms with Gasteiger partial charge in [0.15, 0.2) is 5.96 Å². The summed E-state index contributed by atoms with van der Waals surface area (Å²) in [5, 5.41) is 16.5. The van der Waals surface area contributed by atoms with Crippen LogP contribution in [0.1, 0.15) is 39.0 Å². The van der Waals surface area contributed by atoms with E-state index in [0.717, 1.165) is 0 Å². The molecule has 0 spiro atoms. The zero-order valence-corrected chi connectivity index (χ0v) is 20.2. The number of primary amides is 1. The van der Waals surface area contributed by atoms with E-state index in [1.54, 1.807) is 0 Å². The van der Waals surface area contributed by atoms with Gasteiger partial charge in [0.1, 0.15) is 18.1 Å². The highest BCUT2D eigenvalue weighted by Gasteiger charge is 2.28. The first-order valence-corrected chi connectivity index (χ1v) is 12.0. The Morgan fingerprint density at radius 3 is 2.06 bits per heavy atom.